The van der Waals surface area contributed by atoms with Gasteiger partial charge in [-0.15, -0.1) is 0 Å². The van der Waals surface area contributed by atoms with Crippen LogP contribution in [0.5, 0.6) is 11.5 Å². The Labute approximate surface area is 132 Å². The Morgan fingerprint density at radius 2 is 2.00 bits per heavy atom. The molecule has 1 N–H and O–H groups in total. The first-order valence-corrected chi connectivity index (χ1v) is 7.12. The van der Waals surface area contributed by atoms with E-state index in [4.69, 9.17) is 9.84 Å². The quantitative estimate of drug-likeness (QED) is 0.770. The van der Waals surface area contributed by atoms with Crippen molar-refractivity contribution < 1.29 is 14.6 Å². The molecule has 2 rings (SSSR count). The Bertz CT molecular complexity index is 671. The van der Waals surface area contributed by atoms with E-state index >= 15 is 0 Å². The van der Waals surface area contributed by atoms with Crippen molar-refractivity contribution in [3.63, 3.8) is 0 Å². The predicted molar refractivity (Wildman–Crippen MR) is 82.8 cm³/mol. The van der Waals surface area contributed by atoms with Gasteiger partial charge < -0.3 is 9.84 Å². The van der Waals surface area contributed by atoms with Crippen molar-refractivity contribution in [2.75, 3.05) is 0 Å². The smallest absolute Gasteiger partial charge is 0.328 e. The highest BCUT2D eigenvalue weighted by molar-refractivity contribution is 9.10. The molecule has 0 spiro atoms. The minimum atomic E-state index is -0.988. The van der Waals surface area contributed by atoms with Crippen LogP contribution in [0.2, 0.25) is 0 Å². The van der Waals surface area contributed by atoms with Crippen LogP contribution in [0.4, 0.5) is 0 Å². The summed E-state index contributed by atoms with van der Waals surface area (Å²) in [6, 6.07) is 7.10. The lowest BCUT2D eigenvalue weighted by Crippen LogP contribution is -1.88. The van der Waals surface area contributed by atoms with E-state index in [-0.39, 0.29) is 0 Å². The second kappa shape index (κ2) is 6.67. The molecule has 102 valence electrons. The molecule has 0 aliphatic carbocycles. The number of aliphatic carboxylic acids is 1. The molecule has 20 heavy (non-hydrogen) atoms. The molecular formula is C14H9Br2NO3. The van der Waals surface area contributed by atoms with E-state index in [1.54, 1.807) is 36.7 Å². The molecule has 0 saturated heterocycles. The summed E-state index contributed by atoms with van der Waals surface area (Å²) in [5.41, 5.74) is 0.757. The van der Waals surface area contributed by atoms with Crippen molar-refractivity contribution in [3.05, 3.63) is 57.2 Å². The molecule has 0 fully saturated rings. The van der Waals surface area contributed by atoms with Gasteiger partial charge in [-0.1, -0.05) is 22.0 Å². The Morgan fingerprint density at radius 3 is 2.65 bits per heavy atom. The number of carbonyl (C=O) groups is 1. The van der Waals surface area contributed by atoms with Crippen LogP contribution >= 0.6 is 31.9 Å². The Morgan fingerprint density at radius 1 is 1.20 bits per heavy atom. The van der Waals surface area contributed by atoms with Crippen molar-refractivity contribution in [3.8, 4) is 11.5 Å². The molecule has 2 aromatic rings. The van der Waals surface area contributed by atoms with Gasteiger partial charge in [-0.25, -0.2) is 4.79 Å². The van der Waals surface area contributed by atoms with Crippen molar-refractivity contribution in [1.82, 2.24) is 4.98 Å². The Kier molecular flexibility index (Phi) is 4.92. The fraction of sp³-hybridized carbons (Fsp3) is 0. The van der Waals surface area contributed by atoms with Crippen LogP contribution in [-0.2, 0) is 4.79 Å². The third-order valence-corrected chi connectivity index (χ3v) is 3.41. The molecule has 0 saturated carbocycles. The normalized spacial score (nSPS) is 10.7. The van der Waals surface area contributed by atoms with E-state index in [9.17, 15) is 4.79 Å². The number of hydrogen-bond acceptors (Lipinski definition) is 3. The van der Waals surface area contributed by atoms with Gasteiger partial charge in [-0.3, -0.25) is 4.98 Å². The first kappa shape index (κ1) is 14.7. The number of nitrogens with zero attached hydrogens (tertiary/aromatic N) is 1. The summed E-state index contributed by atoms with van der Waals surface area (Å²) < 4.78 is 7.23. The lowest BCUT2D eigenvalue weighted by molar-refractivity contribution is -0.131. The SMILES string of the molecule is O=C(O)/C=C/c1ccc(Oc2cncc(Br)c2)cc1Br. The zero-order valence-electron chi connectivity index (χ0n) is 10.1. The van der Waals surface area contributed by atoms with Crippen molar-refractivity contribution in [2.45, 2.75) is 0 Å². The maximum Gasteiger partial charge on any atom is 0.328 e. The summed E-state index contributed by atoms with van der Waals surface area (Å²) >= 11 is 6.70. The molecule has 0 aliphatic rings. The monoisotopic (exact) mass is 397 g/mol. The van der Waals surface area contributed by atoms with Gasteiger partial charge in [0.2, 0.25) is 0 Å². The van der Waals surface area contributed by atoms with Crippen LogP contribution < -0.4 is 4.74 Å². The van der Waals surface area contributed by atoms with Crippen LogP contribution in [0.25, 0.3) is 6.08 Å². The first-order valence-electron chi connectivity index (χ1n) is 5.53. The van der Waals surface area contributed by atoms with E-state index in [1.807, 2.05) is 0 Å². The summed E-state index contributed by atoms with van der Waals surface area (Å²) in [7, 11) is 0. The van der Waals surface area contributed by atoms with Crippen molar-refractivity contribution >= 4 is 43.9 Å². The second-order valence-electron chi connectivity index (χ2n) is 3.80. The molecule has 6 heteroatoms. The topological polar surface area (TPSA) is 59.4 Å². The first-order chi connectivity index (χ1) is 9.54. The molecule has 1 aromatic heterocycles. The fourth-order valence-electron chi connectivity index (χ4n) is 1.45. The average Bonchev–Trinajstić information content (AvgIpc) is 2.37. The van der Waals surface area contributed by atoms with E-state index in [0.29, 0.717) is 11.5 Å². The molecule has 4 nitrogen and oxygen atoms in total. The van der Waals surface area contributed by atoms with E-state index in [0.717, 1.165) is 20.6 Å². The second-order valence-corrected chi connectivity index (χ2v) is 5.57. The minimum absolute atomic E-state index is 0.611. The molecule has 0 unspecified atom stereocenters. The Hall–Kier alpha value is -1.66. The molecule has 0 amide bonds. The van der Waals surface area contributed by atoms with Crippen molar-refractivity contribution in [1.29, 1.82) is 0 Å². The number of carboxylic acid groups (broad SMARTS) is 1. The van der Waals surface area contributed by atoms with Gasteiger partial charge in [-0.05, 0) is 45.8 Å². The lowest BCUT2D eigenvalue weighted by atomic mass is 10.2. The summed E-state index contributed by atoms with van der Waals surface area (Å²) in [5.74, 6) is 0.252. The number of benzene rings is 1. The highest BCUT2D eigenvalue weighted by Crippen LogP contribution is 2.28. The number of pyridine rings is 1. The van der Waals surface area contributed by atoms with Gasteiger partial charge in [0.1, 0.15) is 11.5 Å². The molecule has 0 aliphatic heterocycles. The van der Waals surface area contributed by atoms with Crippen LogP contribution in [-0.4, -0.2) is 16.1 Å². The number of halogens is 2. The molecule has 0 radical (unpaired) electrons. The summed E-state index contributed by atoms with van der Waals surface area (Å²) in [6.45, 7) is 0. The van der Waals surface area contributed by atoms with E-state index < -0.39 is 5.97 Å². The maximum atomic E-state index is 10.5. The van der Waals surface area contributed by atoms with Gasteiger partial charge in [0.25, 0.3) is 0 Å². The number of ether oxygens (including phenoxy) is 1. The van der Waals surface area contributed by atoms with Gasteiger partial charge >= 0.3 is 5.97 Å². The third-order valence-electron chi connectivity index (χ3n) is 2.29. The van der Waals surface area contributed by atoms with Gasteiger partial charge in [0.05, 0.1) is 6.20 Å². The number of rotatable bonds is 4. The van der Waals surface area contributed by atoms with E-state index in [1.165, 1.54) is 6.08 Å². The highest BCUT2D eigenvalue weighted by atomic mass is 79.9. The Balaban J connectivity index is 2.19. The van der Waals surface area contributed by atoms with Crippen LogP contribution in [0.1, 0.15) is 5.56 Å². The van der Waals surface area contributed by atoms with Crippen LogP contribution in [0, 0.1) is 0 Å². The summed E-state index contributed by atoms with van der Waals surface area (Å²) in [4.78, 5) is 14.5. The summed E-state index contributed by atoms with van der Waals surface area (Å²) in [5, 5.41) is 8.60. The molecule has 0 atom stereocenters. The van der Waals surface area contributed by atoms with Gasteiger partial charge in [-0.2, -0.15) is 0 Å². The predicted octanol–water partition coefficient (Wildman–Crippen LogP) is 4.50. The molecule has 0 bridgehead atoms. The highest BCUT2D eigenvalue weighted by Gasteiger charge is 2.03. The third kappa shape index (κ3) is 4.18. The van der Waals surface area contributed by atoms with Crippen molar-refractivity contribution in [2.24, 2.45) is 0 Å². The number of aromatic nitrogens is 1. The van der Waals surface area contributed by atoms with Crippen LogP contribution in [0.15, 0.2) is 51.7 Å². The minimum Gasteiger partial charge on any atom is -0.478 e. The van der Waals surface area contributed by atoms with Gasteiger partial charge in [0.15, 0.2) is 0 Å². The fourth-order valence-corrected chi connectivity index (χ4v) is 2.29. The summed E-state index contributed by atoms with van der Waals surface area (Å²) in [6.07, 6.45) is 5.87. The number of carboxylic acids is 1. The zero-order chi connectivity index (χ0) is 14.5. The molecule has 1 aromatic carbocycles. The largest absolute Gasteiger partial charge is 0.478 e. The molecule has 1 heterocycles. The van der Waals surface area contributed by atoms with Crippen LogP contribution in [0.3, 0.4) is 0 Å². The number of hydrogen-bond donors (Lipinski definition) is 1. The average molecular weight is 399 g/mol. The van der Waals surface area contributed by atoms with Gasteiger partial charge in [0, 0.05) is 21.2 Å². The van der Waals surface area contributed by atoms with E-state index in [2.05, 4.69) is 36.8 Å². The zero-order valence-corrected chi connectivity index (χ0v) is 13.3. The molecular weight excluding hydrogens is 390 g/mol. The lowest BCUT2D eigenvalue weighted by Gasteiger charge is -2.07. The standard InChI is InChI=1S/C14H9Br2NO3/c15-10-5-12(8-17-7-10)20-11-3-1-9(13(16)6-11)2-4-14(18)19/h1-8H,(H,18,19)/b4-2+. The maximum absolute atomic E-state index is 10.5.